The maximum Gasteiger partial charge on any atom is 0.157 e. The highest BCUT2D eigenvalue weighted by Crippen LogP contribution is 2.21. The van der Waals surface area contributed by atoms with Gasteiger partial charge in [-0.1, -0.05) is 18.2 Å². The smallest absolute Gasteiger partial charge is 0.157 e. The van der Waals surface area contributed by atoms with E-state index >= 15 is 0 Å². The summed E-state index contributed by atoms with van der Waals surface area (Å²) in [6, 6.07) is 6.50. The zero-order chi connectivity index (χ0) is 12.3. The van der Waals surface area contributed by atoms with Crippen LogP contribution in [0.4, 0.5) is 5.69 Å². The van der Waals surface area contributed by atoms with Crippen molar-refractivity contribution < 1.29 is 14.7 Å². The molecule has 1 N–H and O–H groups in total. The minimum Gasteiger partial charge on any atom is -0.545 e. The van der Waals surface area contributed by atoms with Gasteiger partial charge in [0.15, 0.2) is 5.78 Å². The summed E-state index contributed by atoms with van der Waals surface area (Å²) in [6.45, 7) is 0. The monoisotopic (exact) mass is 230 g/mol. The lowest BCUT2D eigenvalue weighted by Gasteiger charge is -2.17. The number of carbonyl (C=O) groups is 2. The van der Waals surface area contributed by atoms with E-state index in [0.29, 0.717) is 12.1 Å². The van der Waals surface area contributed by atoms with E-state index in [1.165, 1.54) is 12.1 Å². The van der Waals surface area contributed by atoms with Crippen molar-refractivity contribution in [1.29, 1.82) is 0 Å². The van der Waals surface area contributed by atoms with Gasteiger partial charge in [0.1, 0.15) is 0 Å². The molecule has 0 spiro atoms. The normalized spacial score (nSPS) is 15.3. The van der Waals surface area contributed by atoms with Crippen molar-refractivity contribution in [2.24, 2.45) is 0 Å². The first-order valence-corrected chi connectivity index (χ1v) is 5.47. The highest BCUT2D eigenvalue weighted by atomic mass is 16.4. The molecule has 0 amide bonds. The quantitative estimate of drug-likeness (QED) is 0.844. The summed E-state index contributed by atoms with van der Waals surface area (Å²) in [4.78, 5) is 22.1. The van der Waals surface area contributed by atoms with E-state index in [4.69, 9.17) is 0 Å². The number of aromatic carboxylic acids is 1. The summed E-state index contributed by atoms with van der Waals surface area (Å²) in [6.07, 6.45) is 3.65. The fourth-order valence-corrected chi connectivity index (χ4v) is 1.83. The van der Waals surface area contributed by atoms with E-state index in [1.807, 2.05) is 0 Å². The maximum absolute atomic E-state index is 11.2. The predicted octanol–water partition coefficient (Wildman–Crippen LogP) is 1.10. The third kappa shape index (κ3) is 2.72. The molecule has 1 aliphatic carbocycles. The van der Waals surface area contributed by atoms with Crippen LogP contribution in [0.2, 0.25) is 0 Å². The number of ketones is 1. The molecule has 0 radical (unpaired) electrons. The topological polar surface area (TPSA) is 69.2 Å². The fourth-order valence-electron chi connectivity index (χ4n) is 1.83. The van der Waals surface area contributed by atoms with Gasteiger partial charge in [0.25, 0.3) is 0 Å². The minimum atomic E-state index is -1.23. The molecule has 4 heteroatoms. The Labute approximate surface area is 99.0 Å². The maximum atomic E-state index is 11.2. The first kappa shape index (κ1) is 11.4. The summed E-state index contributed by atoms with van der Waals surface area (Å²) >= 11 is 0. The summed E-state index contributed by atoms with van der Waals surface area (Å²) in [7, 11) is 0. The minimum absolute atomic E-state index is 0.0738. The van der Waals surface area contributed by atoms with Gasteiger partial charge in [-0.25, -0.2) is 0 Å². The van der Waals surface area contributed by atoms with Crippen molar-refractivity contribution in [2.45, 2.75) is 19.3 Å². The summed E-state index contributed by atoms with van der Waals surface area (Å²) in [5.74, 6) is -1.15. The van der Waals surface area contributed by atoms with E-state index in [9.17, 15) is 14.7 Å². The predicted molar refractivity (Wildman–Crippen MR) is 61.3 cm³/mol. The van der Waals surface area contributed by atoms with Gasteiger partial charge in [-0.2, -0.15) is 0 Å². The summed E-state index contributed by atoms with van der Waals surface area (Å²) in [5, 5.41) is 13.9. The summed E-state index contributed by atoms with van der Waals surface area (Å²) in [5.41, 5.74) is 1.33. The Balaban J connectivity index is 2.24. The Kier molecular flexibility index (Phi) is 3.23. The van der Waals surface area contributed by atoms with Crippen LogP contribution in [0.5, 0.6) is 0 Å². The van der Waals surface area contributed by atoms with Gasteiger partial charge in [-0.05, 0) is 18.9 Å². The van der Waals surface area contributed by atoms with Gasteiger partial charge in [-0.15, -0.1) is 0 Å². The van der Waals surface area contributed by atoms with Crippen LogP contribution in [0.15, 0.2) is 36.0 Å². The molecule has 0 saturated heterocycles. The number of allylic oxidation sites excluding steroid dienone is 2. The van der Waals surface area contributed by atoms with Crippen LogP contribution < -0.4 is 10.4 Å². The van der Waals surface area contributed by atoms with E-state index in [2.05, 4.69) is 5.32 Å². The number of carboxylic acids is 1. The van der Waals surface area contributed by atoms with Crippen LogP contribution in [0.3, 0.4) is 0 Å². The van der Waals surface area contributed by atoms with E-state index in [-0.39, 0.29) is 11.3 Å². The first-order chi connectivity index (χ1) is 8.16. The lowest BCUT2D eigenvalue weighted by Crippen LogP contribution is -2.23. The Morgan fingerprint density at radius 2 is 2.00 bits per heavy atom. The molecule has 1 aromatic rings. The average Bonchev–Trinajstić information content (AvgIpc) is 2.29. The van der Waals surface area contributed by atoms with Crippen molar-refractivity contribution in [3.05, 3.63) is 41.6 Å². The Hall–Kier alpha value is -2.10. The molecule has 0 unspecified atom stereocenters. The number of hydrogen-bond donors (Lipinski definition) is 1. The Bertz CT molecular complexity index is 491. The molecule has 4 nitrogen and oxygen atoms in total. The molecule has 0 bridgehead atoms. The molecule has 1 aromatic carbocycles. The number of carboxylic acid groups (broad SMARTS) is 1. The molecule has 17 heavy (non-hydrogen) atoms. The third-order valence-corrected chi connectivity index (χ3v) is 2.65. The Morgan fingerprint density at radius 1 is 1.24 bits per heavy atom. The van der Waals surface area contributed by atoms with Gasteiger partial charge in [-0.3, -0.25) is 4.79 Å². The summed E-state index contributed by atoms with van der Waals surface area (Å²) < 4.78 is 0. The zero-order valence-corrected chi connectivity index (χ0v) is 9.23. The molecule has 1 aliphatic rings. The number of hydrogen-bond acceptors (Lipinski definition) is 4. The average molecular weight is 230 g/mol. The number of anilines is 1. The second-order valence-corrected chi connectivity index (χ2v) is 3.95. The molecule has 2 rings (SSSR count). The van der Waals surface area contributed by atoms with Crippen molar-refractivity contribution >= 4 is 17.4 Å². The van der Waals surface area contributed by atoms with Gasteiger partial charge in [0.2, 0.25) is 0 Å². The van der Waals surface area contributed by atoms with E-state index < -0.39 is 5.97 Å². The molecule has 0 heterocycles. The van der Waals surface area contributed by atoms with Gasteiger partial charge in [0, 0.05) is 29.4 Å². The fraction of sp³-hybridized carbons (Fsp3) is 0.231. The molecule has 0 aromatic heterocycles. The van der Waals surface area contributed by atoms with Gasteiger partial charge < -0.3 is 15.2 Å². The van der Waals surface area contributed by atoms with Crippen LogP contribution in [0.1, 0.15) is 29.6 Å². The molecule has 0 fully saturated rings. The second-order valence-electron chi connectivity index (χ2n) is 3.95. The van der Waals surface area contributed by atoms with Crippen molar-refractivity contribution in [2.75, 3.05) is 5.32 Å². The number of carbonyl (C=O) groups excluding carboxylic acids is 2. The van der Waals surface area contributed by atoms with Gasteiger partial charge in [0.05, 0.1) is 5.97 Å². The van der Waals surface area contributed by atoms with Crippen LogP contribution in [-0.2, 0) is 4.79 Å². The Morgan fingerprint density at radius 3 is 2.71 bits per heavy atom. The standard InChI is InChI=1S/C13H13NO3/c15-10-5-3-4-9(8-10)14-12-7-2-1-6-11(12)13(16)17/h1-2,6-8,14H,3-5H2,(H,16,17)/p-1. The van der Waals surface area contributed by atoms with Crippen molar-refractivity contribution in [3.8, 4) is 0 Å². The van der Waals surface area contributed by atoms with Gasteiger partial charge >= 0.3 is 0 Å². The molecule has 88 valence electrons. The number of rotatable bonds is 3. The second kappa shape index (κ2) is 4.82. The molecular formula is C13H12NO3-. The van der Waals surface area contributed by atoms with Crippen LogP contribution in [0.25, 0.3) is 0 Å². The van der Waals surface area contributed by atoms with E-state index in [1.54, 1.807) is 18.2 Å². The molecule has 0 aliphatic heterocycles. The van der Waals surface area contributed by atoms with Crippen molar-refractivity contribution in [1.82, 2.24) is 0 Å². The van der Waals surface area contributed by atoms with Crippen LogP contribution in [0, 0.1) is 0 Å². The lowest BCUT2D eigenvalue weighted by atomic mass is 10.0. The highest BCUT2D eigenvalue weighted by Gasteiger charge is 2.11. The van der Waals surface area contributed by atoms with Crippen molar-refractivity contribution in [3.63, 3.8) is 0 Å². The molecule has 0 saturated carbocycles. The highest BCUT2D eigenvalue weighted by molar-refractivity contribution is 5.94. The lowest BCUT2D eigenvalue weighted by molar-refractivity contribution is -0.254. The molecular weight excluding hydrogens is 218 g/mol. The number of nitrogens with one attached hydrogen (secondary N) is 1. The van der Waals surface area contributed by atoms with Crippen LogP contribution in [-0.4, -0.2) is 11.8 Å². The first-order valence-electron chi connectivity index (χ1n) is 5.47. The zero-order valence-electron chi connectivity index (χ0n) is 9.23. The number of benzene rings is 1. The molecule has 0 atom stereocenters. The largest absolute Gasteiger partial charge is 0.545 e. The third-order valence-electron chi connectivity index (χ3n) is 2.65. The number of para-hydroxylation sites is 1. The van der Waals surface area contributed by atoms with Crippen LogP contribution >= 0.6 is 0 Å². The van der Waals surface area contributed by atoms with E-state index in [0.717, 1.165) is 18.5 Å². The SMILES string of the molecule is O=C1C=C(Nc2ccccc2C(=O)[O-])CCC1.